The van der Waals surface area contributed by atoms with Crippen LogP contribution in [0.2, 0.25) is 0 Å². The van der Waals surface area contributed by atoms with Gasteiger partial charge in [-0.1, -0.05) is 0 Å². The van der Waals surface area contributed by atoms with Crippen LogP contribution in [0.15, 0.2) is 23.1 Å². The highest BCUT2D eigenvalue weighted by molar-refractivity contribution is 7.90. The molecule has 0 spiro atoms. The van der Waals surface area contributed by atoms with E-state index in [2.05, 4.69) is 5.32 Å². The molecule has 7 nitrogen and oxygen atoms in total. The highest BCUT2D eigenvalue weighted by atomic mass is 32.2. The molecule has 2 atom stereocenters. The van der Waals surface area contributed by atoms with Crippen LogP contribution in [0.4, 0.5) is 4.39 Å². The zero-order valence-electron chi connectivity index (χ0n) is 13.9. The van der Waals surface area contributed by atoms with E-state index in [9.17, 15) is 22.7 Å². The third-order valence-corrected chi connectivity index (χ3v) is 5.77. The van der Waals surface area contributed by atoms with Gasteiger partial charge in [0.15, 0.2) is 33.2 Å². The third-order valence-electron chi connectivity index (χ3n) is 4.66. The number of sulfone groups is 1. The summed E-state index contributed by atoms with van der Waals surface area (Å²) in [5.41, 5.74) is -1.51. The molecule has 2 aliphatic heterocycles. The summed E-state index contributed by atoms with van der Waals surface area (Å²) >= 11 is 0. The van der Waals surface area contributed by atoms with E-state index in [1.54, 1.807) is 0 Å². The van der Waals surface area contributed by atoms with Crippen molar-refractivity contribution >= 4 is 15.7 Å². The van der Waals surface area contributed by atoms with Crippen LogP contribution >= 0.6 is 0 Å². The van der Waals surface area contributed by atoms with E-state index in [1.165, 1.54) is 17.0 Å². The number of amides is 1. The predicted molar refractivity (Wildman–Crippen MR) is 87.3 cm³/mol. The Kier molecular flexibility index (Phi) is 4.74. The molecule has 138 valence electrons. The first-order valence-electron chi connectivity index (χ1n) is 8.11. The lowest BCUT2D eigenvalue weighted by atomic mass is 9.96. The van der Waals surface area contributed by atoms with Gasteiger partial charge in [0, 0.05) is 38.7 Å². The second-order valence-corrected chi connectivity index (χ2v) is 8.47. The second-order valence-electron chi connectivity index (χ2n) is 6.45. The van der Waals surface area contributed by atoms with Crippen LogP contribution < -0.4 is 10.1 Å². The lowest BCUT2D eigenvalue weighted by Crippen LogP contribution is -2.65. The quantitative estimate of drug-likeness (QED) is 0.788. The van der Waals surface area contributed by atoms with Crippen molar-refractivity contribution < 1.29 is 27.4 Å². The maximum atomic E-state index is 14.3. The molecule has 0 aliphatic carbocycles. The summed E-state index contributed by atoms with van der Waals surface area (Å²) in [5, 5.41) is 14.1. The van der Waals surface area contributed by atoms with E-state index >= 15 is 0 Å². The van der Waals surface area contributed by atoms with E-state index < -0.39 is 27.5 Å². The summed E-state index contributed by atoms with van der Waals surface area (Å²) in [6.07, 6.45) is 1.44. The first-order chi connectivity index (χ1) is 11.7. The van der Waals surface area contributed by atoms with E-state index in [4.69, 9.17) is 4.74 Å². The zero-order valence-corrected chi connectivity index (χ0v) is 14.7. The maximum Gasteiger partial charge on any atom is 0.224 e. The van der Waals surface area contributed by atoms with E-state index in [0.29, 0.717) is 25.9 Å². The van der Waals surface area contributed by atoms with Crippen molar-refractivity contribution in [3.05, 3.63) is 24.0 Å². The predicted octanol–water partition coefficient (Wildman–Crippen LogP) is 0.281. The van der Waals surface area contributed by atoms with Crippen molar-refractivity contribution in [3.8, 4) is 5.75 Å². The number of hydrogen-bond donors (Lipinski definition) is 2. The molecule has 0 saturated carbocycles. The molecular weight excluding hydrogens is 351 g/mol. The zero-order chi connectivity index (χ0) is 18.2. The fourth-order valence-electron chi connectivity index (χ4n) is 3.29. The SMILES string of the molecule is CS(=O)(=O)c1ccc(O[C@H]2CNCC[C@]2(O)N2CCCC2=O)c(F)c1. The highest BCUT2D eigenvalue weighted by Gasteiger charge is 2.49. The first-order valence-corrected chi connectivity index (χ1v) is 10.0. The largest absolute Gasteiger partial charge is 0.481 e. The van der Waals surface area contributed by atoms with Gasteiger partial charge in [-0.3, -0.25) is 4.79 Å². The number of nitrogens with one attached hydrogen (secondary N) is 1. The summed E-state index contributed by atoms with van der Waals surface area (Å²) < 4.78 is 42.9. The molecule has 0 unspecified atom stereocenters. The summed E-state index contributed by atoms with van der Waals surface area (Å²) in [6, 6.07) is 3.37. The number of aliphatic hydroxyl groups is 1. The van der Waals surface area contributed by atoms with Gasteiger partial charge in [0.25, 0.3) is 0 Å². The molecule has 1 amide bonds. The van der Waals surface area contributed by atoms with Gasteiger partial charge < -0.3 is 20.1 Å². The number of carbonyl (C=O) groups excluding carboxylic acids is 1. The van der Waals surface area contributed by atoms with Crippen LogP contribution in [0.3, 0.4) is 0 Å². The molecular formula is C16H21FN2O5S. The van der Waals surface area contributed by atoms with Crippen molar-refractivity contribution in [2.45, 2.75) is 36.0 Å². The monoisotopic (exact) mass is 372 g/mol. The van der Waals surface area contributed by atoms with Crippen LogP contribution in [0.1, 0.15) is 19.3 Å². The van der Waals surface area contributed by atoms with Gasteiger partial charge in [0.2, 0.25) is 5.91 Å². The van der Waals surface area contributed by atoms with Crippen molar-refractivity contribution in [2.75, 3.05) is 25.9 Å². The number of benzene rings is 1. The van der Waals surface area contributed by atoms with E-state index in [0.717, 1.165) is 12.3 Å². The fraction of sp³-hybridized carbons (Fsp3) is 0.562. The van der Waals surface area contributed by atoms with Crippen molar-refractivity contribution in [2.24, 2.45) is 0 Å². The Labute approximate surface area is 145 Å². The Morgan fingerprint density at radius 3 is 2.80 bits per heavy atom. The summed E-state index contributed by atoms with van der Waals surface area (Å²) in [6.45, 7) is 1.19. The van der Waals surface area contributed by atoms with Crippen LogP contribution in [0.25, 0.3) is 0 Å². The maximum absolute atomic E-state index is 14.3. The minimum absolute atomic E-state index is 0.147. The third kappa shape index (κ3) is 3.49. The summed E-state index contributed by atoms with van der Waals surface area (Å²) in [4.78, 5) is 13.3. The van der Waals surface area contributed by atoms with E-state index in [1.807, 2.05) is 0 Å². The van der Waals surface area contributed by atoms with Gasteiger partial charge in [-0.05, 0) is 24.6 Å². The Balaban J connectivity index is 1.86. The number of likely N-dealkylation sites (tertiary alicyclic amines) is 1. The number of piperidine rings is 1. The molecule has 2 fully saturated rings. The fourth-order valence-corrected chi connectivity index (χ4v) is 3.93. The first kappa shape index (κ1) is 18.1. The number of ether oxygens (including phenoxy) is 1. The van der Waals surface area contributed by atoms with Crippen LogP contribution in [-0.2, 0) is 14.6 Å². The molecule has 2 aliphatic rings. The van der Waals surface area contributed by atoms with Crippen molar-refractivity contribution in [1.82, 2.24) is 10.2 Å². The molecule has 2 N–H and O–H groups in total. The topological polar surface area (TPSA) is 95.9 Å². The molecule has 0 aromatic heterocycles. The number of hydrogen-bond acceptors (Lipinski definition) is 6. The molecule has 3 rings (SSSR count). The van der Waals surface area contributed by atoms with Crippen LogP contribution in [0.5, 0.6) is 5.75 Å². The van der Waals surface area contributed by atoms with Crippen molar-refractivity contribution in [1.29, 1.82) is 0 Å². The molecule has 2 heterocycles. The second kappa shape index (κ2) is 6.54. The molecule has 2 saturated heterocycles. The molecule has 1 aromatic carbocycles. The minimum atomic E-state index is -3.53. The smallest absolute Gasteiger partial charge is 0.224 e. The van der Waals surface area contributed by atoms with Gasteiger partial charge in [-0.2, -0.15) is 0 Å². The lowest BCUT2D eigenvalue weighted by molar-refractivity contribution is -0.187. The van der Waals surface area contributed by atoms with Gasteiger partial charge in [0.05, 0.1) is 4.90 Å². The number of rotatable bonds is 4. The minimum Gasteiger partial charge on any atom is -0.481 e. The molecule has 25 heavy (non-hydrogen) atoms. The lowest BCUT2D eigenvalue weighted by Gasteiger charge is -2.45. The standard InChI is InChI=1S/C16H21FN2O5S/c1-25(22,23)11-4-5-13(12(17)9-11)24-14-10-18-7-6-16(14,21)19-8-2-3-15(19)20/h4-5,9,14,18,21H,2-3,6-8,10H2,1H3/t14-,16+/m0/s1. The van der Waals surface area contributed by atoms with Gasteiger partial charge in [-0.25, -0.2) is 12.8 Å². The normalized spacial score (nSPS) is 27.6. The van der Waals surface area contributed by atoms with Crippen LogP contribution in [0, 0.1) is 5.82 Å². The molecule has 0 radical (unpaired) electrons. The van der Waals surface area contributed by atoms with Gasteiger partial charge in [-0.15, -0.1) is 0 Å². The van der Waals surface area contributed by atoms with E-state index in [-0.39, 0.29) is 29.5 Å². The number of nitrogens with zero attached hydrogens (tertiary/aromatic N) is 1. The molecule has 1 aromatic rings. The Morgan fingerprint density at radius 1 is 1.44 bits per heavy atom. The van der Waals surface area contributed by atoms with Gasteiger partial charge in [0.1, 0.15) is 0 Å². The Bertz CT molecular complexity index is 785. The number of carbonyl (C=O) groups is 1. The average Bonchev–Trinajstić information content (AvgIpc) is 2.97. The van der Waals surface area contributed by atoms with Crippen molar-refractivity contribution in [3.63, 3.8) is 0 Å². The Morgan fingerprint density at radius 2 is 2.20 bits per heavy atom. The highest BCUT2D eigenvalue weighted by Crippen LogP contribution is 2.32. The van der Waals surface area contributed by atoms with Crippen LogP contribution in [-0.4, -0.2) is 62.1 Å². The van der Waals surface area contributed by atoms with Gasteiger partial charge >= 0.3 is 0 Å². The summed E-state index contributed by atoms with van der Waals surface area (Å²) in [5.74, 6) is -1.14. The number of halogens is 1. The summed E-state index contributed by atoms with van der Waals surface area (Å²) in [7, 11) is -3.53. The molecule has 0 bridgehead atoms. The molecule has 9 heteroatoms. The average molecular weight is 372 g/mol. The Hall–Kier alpha value is -1.71.